The molecule has 1 aliphatic rings. The van der Waals surface area contributed by atoms with Crippen molar-refractivity contribution in [3.8, 4) is 0 Å². The highest BCUT2D eigenvalue weighted by atomic mass is 19.3. The molecule has 0 radical (unpaired) electrons. The molecule has 130 valence electrons. The van der Waals surface area contributed by atoms with Crippen LogP contribution in [0.3, 0.4) is 0 Å². The zero-order valence-electron chi connectivity index (χ0n) is 13.5. The first kappa shape index (κ1) is 17.6. The van der Waals surface area contributed by atoms with Gasteiger partial charge in [0.1, 0.15) is 5.60 Å². The van der Waals surface area contributed by atoms with E-state index in [1.807, 2.05) is 4.90 Å². The van der Waals surface area contributed by atoms with Crippen molar-refractivity contribution in [2.45, 2.75) is 58.2 Å². The van der Waals surface area contributed by atoms with Crippen molar-refractivity contribution in [3.63, 3.8) is 0 Å². The first-order chi connectivity index (χ1) is 10.7. The molecular formula is C14H22F2N4O3. The lowest BCUT2D eigenvalue weighted by atomic mass is 10.1. The van der Waals surface area contributed by atoms with Gasteiger partial charge in [-0.2, -0.15) is 4.98 Å². The smallest absolute Gasteiger partial charge is 0.407 e. The summed E-state index contributed by atoms with van der Waals surface area (Å²) in [6, 6.07) is -0.0592. The maximum Gasteiger partial charge on any atom is 0.407 e. The van der Waals surface area contributed by atoms with Crippen molar-refractivity contribution in [1.82, 2.24) is 20.4 Å². The van der Waals surface area contributed by atoms with E-state index >= 15 is 0 Å². The summed E-state index contributed by atoms with van der Waals surface area (Å²) in [6.07, 6.45) is -1.49. The third-order valence-electron chi connectivity index (χ3n) is 3.26. The number of likely N-dealkylation sites (tertiary alicyclic amines) is 1. The zero-order chi connectivity index (χ0) is 17.0. The van der Waals surface area contributed by atoms with Crippen LogP contribution in [0.4, 0.5) is 13.6 Å². The van der Waals surface area contributed by atoms with Crippen LogP contribution in [0.15, 0.2) is 4.52 Å². The summed E-state index contributed by atoms with van der Waals surface area (Å²) < 4.78 is 34.9. The Kier molecular flexibility index (Phi) is 5.51. The third kappa shape index (κ3) is 5.74. The number of nitrogens with zero attached hydrogens (tertiary/aromatic N) is 3. The molecular weight excluding hydrogens is 310 g/mol. The van der Waals surface area contributed by atoms with Crippen LogP contribution < -0.4 is 5.32 Å². The minimum Gasteiger partial charge on any atom is -0.444 e. The Morgan fingerprint density at radius 2 is 2.26 bits per heavy atom. The van der Waals surface area contributed by atoms with Crippen molar-refractivity contribution in [2.75, 3.05) is 13.1 Å². The monoisotopic (exact) mass is 332 g/mol. The van der Waals surface area contributed by atoms with Crippen molar-refractivity contribution in [1.29, 1.82) is 0 Å². The number of alkyl halides is 2. The highest BCUT2D eigenvalue weighted by Gasteiger charge is 2.25. The molecule has 1 fully saturated rings. The molecule has 1 saturated heterocycles. The lowest BCUT2D eigenvalue weighted by molar-refractivity contribution is 0.0467. The van der Waals surface area contributed by atoms with E-state index in [1.54, 1.807) is 20.8 Å². The molecule has 0 aromatic carbocycles. The number of piperidine rings is 1. The standard InChI is InChI=1S/C14H22F2N4O3/c1-14(2,3)22-13(21)17-9-5-4-6-20(7-9)8-10-18-12(11(15)16)19-23-10/h9,11H,4-8H2,1-3H3,(H,17,21)/t9-/m0/s1. The zero-order valence-corrected chi connectivity index (χ0v) is 13.5. The highest BCUT2D eigenvalue weighted by Crippen LogP contribution is 2.17. The lowest BCUT2D eigenvalue weighted by Gasteiger charge is -2.32. The third-order valence-corrected chi connectivity index (χ3v) is 3.26. The number of carbonyl (C=O) groups is 1. The summed E-state index contributed by atoms with van der Waals surface area (Å²) >= 11 is 0. The number of aromatic nitrogens is 2. The molecule has 0 saturated carbocycles. The molecule has 1 amide bonds. The van der Waals surface area contributed by atoms with E-state index in [4.69, 9.17) is 9.26 Å². The Labute approximate surface area is 133 Å². The van der Waals surface area contributed by atoms with Crippen LogP contribution in [0.5, 0.6) is 0 Å². The number of hydrogen-bond acceptors (Lipinski definition) is 6. The molecule has 1 aromatic rings. The van der Waals surface area contributed by atoms with Crippen molar-refractivity contribution in [2.24, 2.45) is 0 Å². The minimum atomic E-state index is -2.74. The summed E-state index contributed by atoms with van der Waals surface area (Å²) in [7, 11) is 0. The first-order valence-electron chi connectivity index (χ1n) is 7.55. The van der Waals surface area contributed by atoms with Gasteiger partial charge in [0.05, 0.1) is 6.54 Å². The van der Waals surface area contributed by atoms with E-state index in [2.05, 4.69) is 15.5 Å². The van der Waals surface area contributed by atoms with Gasteiger partial charge in [0.25, 0.3) is 0 Å². The second-order valence-corrected chi connectivity index (χ2v) is 6.57. The quantitative estimate of drug-likeness (QED) is 0.912. The maximum atomic E-state index is 12.4. The summed E-state index contributed by atoms with van der Waals surface area (Å²) in [5.41, 5.74) is -0.548. The van der Waals surface area contributed by atoms with E-state index in [-0.39, 0.29) is 18.5 Å². The molecule has 2 rings (SSSR count). The molecule has 0 aliphatic carbocycles. The van der Waals surface area contributed by atoms with Crippen molar-refractivity contribution < 1.29 is 22.8 Å². The number of alkyl carbamates (subject to hydrolysis) is 1. The number of carbonyl (C=O) groups excluding carboxylic acids is 1. The second kappa shape index (κ2) is 7.20. The fourth-order valence-corrected chi connectivity index (χ4v) is 2.40. The van der Waals surface area contributed by atoms with E-state index < -0.39 is 23.9 Å². The predicted molar refractivity (Wildman–Crippen MR) is 76.9 cm³/mol. The molecule has 2 heterocycles. The fourth-order valence-electron chi connectivity index (χ4n) is 2.40. The average Bonchev–Trinajstić information content (AvgIpc) is 2.85. The summed E-state index contributed by atoms with van der Waals surface area (Å²) in [6.45, 7) is 7.04. The van der Waals surface area contributed by atoms with Crippen LogP contribution in [0.25, 0.3) is 0 Å². The van der Waals surface area contributed by atoms with E-state index in [9.17, 15) is 13.6 Å². The van der Waals surface area contributed by atoms with Gasteiger partial charge < -0.3 is 14.6 Å². The molecule has 9 heteroatoms. The normalized spacial score (nSPS) is 19.8. The molecule has 0 spiro atoms. The molecule has 1 N–H and O–H groups in total. The van der Waals surface area contributed by atoms with Crippen LogP contribution >= 0.6 is 0 Å². The second-order valence-electron chi connectivity index (χ2n) is 6.57. The Hall–Kier alpha value is -1.77. The van der Waals surface area contributed by atoms with Gasteiger partial charge in [-0.3, -0.25) is 4.90 Å². The van der Waals surface area contributed by atoms with Gasteiger partial charge in [-0.15, -0.1) is 0 Å². The van der Waals surface area contributed by atoms with E-state index in [0.717, 1.165) is 19.4 Å². The molecule has 1 atom stereocenters. The van der Waals surface area contributed by atoms with Crippen molar-refractivity contribution >= 4 is 6.09 Å². The Morgan fingerprint density at radius 3 is 2.87 bits per heavy atom. The summed E-state index contributed by atoms with van der Waals surface area (Å²) in [5, 5.41) is 6.06. The molecule has 7 nitrogen and oxygen atoms in total. The number of rotatable bonds is 4. The predicted octanol–water partition coefficient (Wildman–Crippen LogP) is 2.50. The molecule has 23 heavy (non-hydrogen) atoms. The van der Waals surface area contributed by atoms with Crippen LogP contribution in [-0.2, 0) is 11.3 Å². The van der Waals surface area contributed by atoms with Crippen LogP contribution in [0, 0.1) is 0 Å². The van der Waals surface area contributed by atoms with Gasteiger partial charge in [-0.1, -0.05) is 5.16 Å². The van der Waals surface area contributed by atoms with Gasteiger partial charge in [-0.05, 0) is 40.2 Å². The Bertz CT molecular complexity index is 530. The van der Waals surface area contributed by atoms with Gasteiger partial charge in [0, 0.05) is 12.6 Å². The maximum absolute atomic E-state index is 12.4. The Morgan fingerprint density at radius 1 is 1.52 bits per heavy atom. The van der Waals surface area contributed by atoms with Gasteiger partial charge in [0.2, 0.25) is 11.7 Å². The first-order valence-corrected chi connectivity index (χ1v) is 7.55. The average molecular weight is 332 g/mol. The van der Waals surface area contributed by atoms with Crippen molar-refractivity contribution in [3.05, 3.63) is 11.7 Å². The molecule has 1 aliphatic heterocycles. The highest BCUT2D eigenvalue weighted by molar-refractivity contribution is 5.68. The number of nitrogens with one attached hydrogen (secondary N) is 1. The lowest BCUT2D eigenvalue weighted by Crippen LogP contribution is -2.48. The summed E-state index contributed by atoms with van der Waals surface area (Å²) in [4.78, 5) is 17.4. The minimum absolute atomic E-state index is 0.0592. The number of amides is 1. The molecule has 0 bridgehead atoms. The SMILES string of the molecule is CC(C)(C)OC(=O)N[C@H]1CCCN(Cc2nc(C(F)F)no2)C1. The Balaban J connectivity index is 1.84. The largest absolute Gasteiger partial charge is 0.444 e. The summed E-state index contributed by atoms with van der Waals surface area (Å²) in [5.74, 6) is -0.446. The number of halogens is 2. The van der Waals surface area contributed by atoms with E-state index in [0.29, 0.717) is 6.54 Å². The van der Waals surface area contributed by atoms with Gasteiger partial charge in [0.15, 0.2) is 0 Å². The van der Waals surface area contributed by atoms with Gasteiger partial charge >= 0.3 is 12.5 Å². The van der Waals surface area contributed by atoms with E-state index in [1.165, 1.54) is 0 Å². The van der Waals surface area contributed by atoms with Crippen LogP contribution in [-0.4, -0.2) is 45.9 Å². The molecule has 1 aromatic heterocycles. The number of ether oxygens (including phenoxy) is 1. The van der Waals surface area contributed by atoms with Gasteiger partial charge in [-0.25, -0.2) is 13.6 Å². The fraction of sp³-hybridized carbons (Fsp3) is 0.786. The van der Waals surface area contributed by atoms with Crippen LogP contribution in [0.1, 0.15) is 51.8 Å². The molecule has 0 unspecified atom stereocenters. The number of hydrogen-bond donors (Lipinski definition) is 1. The van der Waals surface area contributed by atoms with Crippen LogP contribution in [0.2, 0.25) is 0 Å². The topological polar surface area (TPSA) is 80.5 Å².